The molecule has 5 rings (SSSR count). The summed E-state index contributed by atoms with van der Waals surface area (Å²) < 4.78 is 2.30. The molecule has 0 spiro atoms. The number of rotatable bonds is 0. The zero-order valence-electron chi connectivity index (χ0n) is 15.5. The van der Waals surface area contributed by atoms with Crippen molar-refractivity contribution in [2.45, 2.75) is 27.7 Å². The second-order valence-corrected chi connectivity index (χ2v) is 7.66. The van der Waals surface area contributed by atoms with Gasteiger partial charge in [-0.05, 0) is 71.5 Å². The van der Waals surface area contributed by atoms with Crippen LogP contribution in [0.15, 0.2) is 42.6 Å². The highest BCUT2D eigenvalue weighted by Crippen LogP contribution is 2.41. The SMILES string of the molecule is Cc1cc2cc(C)c(C)c3c2c(c1)c1cc(C)cc2cc[n+](C)c3c21. The Bertz CT molecular complexity index is 1330. The number of hydrogen-bond donors (Lipinski definition) is 0. The van der Waals surface area contributed by atoms with E-state index in [2.05, 4.69) is 81.9 Å². The standard InChI is InChI=1S/C24H22N/c1-13-8-17-6-7-25(5)24-21-16(4)15(3)12-18-9-14(2)10-19(22(18)21)20(11-13)23(17)24/h6-12H,1-5H3/q+1. The third-order valence-corrected chi connectivity index (χ3v) is 5.81. The largest absolute Gasteiger partial charge is 0.221 e. The van der Waals surface area contributed by atoms with Gasteiger partial charge in [-0.25, -0.2) is 4.57 Å². The molecule has 0 aliphatic carbocycles. The van der Waals surface area contributed by atoms with E-state index >= 15 is 0 Å². The number of aromatic nitrogens is 1. The highest BCUT2D eigenvalue weighted by molar-refractivity contribution is 6.32. The molecule has 0 unspecified atom stereocenters. The molecule has 0 bridgehead atoms. The molecule has 0 aliphatic heterocycles. The number of aryl methyl sites for hydroxylation is 5. The van der Waals surface area contributed by atoms with Gasteiger partial charge in [-0.2, -0.15) is 0 Å². The lowest BCUT2D eigenvalue weighted by atomic mass is 9.87. The van der Waals surface area contributed by atoms with Crippen molar-refractivity contribution in [3.63, 3.8) is 0 Å². The zero-order chi connectivity index (χ0) is 17.5. The van der Waals surface area contributed by atoms with E-state index in [1.165, 1.54) is 65.5 Å². The third kappa shape index (κ3) is 1.81. The monoisotopic (exact) mass is 324 g/mol. The lowest BCUT2D eigenvalue weighted by Gasteiger charge is -2.17. The molecule has 1 heteroatoms. The zero-order valence-corrected chi connectivity index (χ0v) is 15.5. The molecule has 0 N–H and O–H groups in total. The first kappa shape index (κ1) is 14.7. The average molecular weight is 324 g/mol. The molecule has 25 heavy (non-hydrogen) atoms. The van der Waals surface area contributed by atoms with E-state index in [9.17, 15) is 0 Å². The predicted octanol–water partition coefficient (Wildman–Crippen LogP) is 5.80. The summed E-state index contributed by atoms with van der Waals surface area (Å²) in [6, 6.07) is 14.0. The molecule has 0 saturated carbocycles. The van der Waals surface area contributed by atoms with Crippen molar-refractivity contribution in [3.05, 3.63) is 64.8 Å². The predicted molar refractivity (Wildman–Crippen MR) is 108 cm³/mol. The van der Waals surface area contributed by atoms with Gasteiger partial charge in [0.25, 0.3) is 0 Å². The van der Waals surface area contributed by atoms with Crippen LogP contribution in [0.4, 0.5) is 0 Å². The van der Waals surface area contributed by atoms with Crippen LogP contribution >= 0.6 is 0 Å². The maximum absolute atomic E-state index is 2.37. The van der Waals surface area contributed by atoms with E-state index in [1.54, 1.807) is 0 Å². The summed E-state index contributed by atoms with van der Waals surface area (Å²) in [4.78, 5) is 0. The van der Waals surface area contributed by atoms with Crippen molar-refractivity contribution in [2.75, 3.05) is 0 Å². The van der Waals surface area contributed by atoms with Crippen LogP contribution in [-0.2, 0) is 7.05 Å². The van der Waals surface area contributed by atoms with Gasteiger partial charge in [-0.15, -0.1) is 0 Å². The topological polar surface area (TPSA) is 3.88 Å². The first-order valence-electron chi connectivity index (χ1n) is 8.94. The lowest BCUT2D eigenvalue weighted by molar-refractivity contribution is -0.643. The van der Waals surface area contributed by atoms with Gasteiger partial charge in [0.15, 0.2) is 6.20 Å². The molecule has 0 atom stereocenters. The first-order chi connectivity index (χ1) is 12.0. The Morgan fingerprint density at radius 3 is 2.04 bits per heavy atom. The number of pyridine rings is 1. The molecule has 1 heterocycles. The Morgan fingerprint density at radius 2 is 1.32 bits per heavy atom. The number of hydrogen-bond acceptors (Lipinski definition) is 0. The Hall–Kier alpha value is -2.67. The van der Waals surface area contributed by atoms with Crippen molar-refractivity contribution >= 4 is 43.2 Å². The fourth-order valence-corrected chi connectivity index (χ4v) is 4.61. The van der Waals surface area contributed by atoms with Gasteiger partial charge in [-0.3, -0.25) is 0 Å². The number of benzene rings is 4. The third-order valence-electron chi connectivity index (χ3n) is 5.81. The minimum atomic E-state index is 1.32. The van der Waals surface area contributed by atoms with E-state index in [-0.39, 0.29) is 0 Å². The molecular formula is C24H22N+. The van der Waals surface area contributed by atoms with Gasteiger partial charge in [0.1, 0.15) is 7.05 Å². The van der Waals surface area contributed by atoms with Crippen LogP contribution in [0.5, 0.6) is 0 Å². The van der Waals surface area contributed by atoms with Crippen molar-refractivity contribution in [1.82, 2.24) is 0 Å². The molecule has 1 nitrogen and oxygen atoms in total. The van der Waals surface area contributed by atoms with E-state index in [0.717, 1.165) is 0 Å². The molecule has 4 aromatic carbocycles. The van der Waals surface area contributed by atoms with Gasteiger partial charge in [0.2, 0.25) is 5.52 Å². The van der Waals surface area contributed by atoms with Crippen molar-refractivity contribution < 1.29 is 4.57 Å². The van der Waals surface area contributed by atoms with Gasteiger partial charge in [0.05, 0.1) is 10.8 Å². The van der Waals surface area contributed by atoms with E-state index in [0.29, 0.717) is 0 Å². The maximum atomic E-state index is 2.37. The average Bonchev–Trinajstić information content (AvgIpc) is 2.56. The quantitative estimate of drug-likeness (QED) is 0.193. The molecule has 0 fully saturated rings. The Labute approximate surface area is 147 Å². The van der Waals surface area contributed by atoms with Crippen molar-refractivity contribution in [1.29, 1.82) is 0 Å². The Balaban J connectivity index is 2.31. The van der Waals surface area contributed by atoms with Crippen LogP contribution in [0.25, 0.3) is 43.2 Å². The molecule has 0 amide bonds. The van der Waals surface area contributed by atoms with Gasteiger partial charge >= 0.3 is 0 Å². The number of fused-ring (bicyclic) bond motifs is 2. The summed E-state index contributed by atoms with van der Waals surface area (Å²) in [5, 5.41) is 9.68. The maximum Gasteiger partial charge on any atom is 0.221 e. The van der Waals surface area contributed by atoms with Crippen molar-refractivity contribution in [3.8, 4) is 0 Å². The summed E-state index contributed by atoms with van der Waals surface area (Å²) in [5.74, 6) is 0. The van der Waals surface area contributed by atoms with Crippen LogP contribution < -0.4 is 4.57 Å². The summed E-state index contributed by atoms with van der Waals surface area (Å²) in [6.45, 7) is 8.91. The van der Waals surface area contributed by atoms with Gasteiger partial charge in [0, 0.05) is 11.5 Å². The minimum absolute atomic E-state index is 1.32. The molecule has 5 aromatic rings. The van der Waals surface area contributed by atoms with Crippen LogP contribution in [0.3, 0.4) is 0 Å². The normalized spacial score (nSPS) is 12.2. The lowest BCUT2D eigenvalue weighted by Crippen LogP contribution is -2.28. The van der Waals surface area contributed by atoms with Gasteiger partial charge in [-0.1, -0.05) is 30.3 Å². The second-order valence-electron chi connectivity index (χ2n) is 7.66. The Kier molecular flexibility index (Phi) is 2.75. The summed E-state index contributed by atoms with van der Waals surface area (Å²) in [5.41, 5.74) is 6.77. The van der Waals surface area contributed by atoms with Crippen LogP contribution in [0.1, 0.15) is 22.3 Å². The van der Waals surface area contributed by atoms with Crippen LogP contribution in [0.2, 0.25) is 0 Å². The molecule has 0 saturated heterocycles. The van der Waals surface area contributed by atoms with E-state index in [4.69, 9.17) is 0 Å². The summed E-state index contributed by atoms with van der Waals surface area (Å²) in [7, 11) is 2.17. The highest BCUT2D eigenvalue weighted by atomic mass is 14.9. The summed E-state index contributed by atoms with van der Waals surface area (Å²) in [6.07, 6.45) is 2.20. The second kappa shape index (κ2) is 4.70. The molecule has 0 aliphatic rings. The fourth-order valence-electron chi connectivity index (χ4n) is 4.61. The molecule has 0 radical (unpaired) electrons. The highest BCUT2D eigenvalue weighted by Gasteiger charge is 2.21. The van der Waals surface area contributed by atoms with Crippen LogP contribution in [-0.4, -0.2) is 0 Å². The molecule has 1 aromatic heterocycles. The van der Waals surface area contributed by atoms with E-state index < -0.39 is 0 Å². The van der Waals surface area contributed by atoms with E-state index in [1.807, 2.05) is 0 Å². The van der Waals surface area contributed by atoms with Crippen LogP contribution in [0, 0.1) is 27.7 Å². The Morgan fingerprint density at radius 1 is 0.680 bits per heavy atom. The van der Waals surface area contributed by atoms with Crippen molar-refractivity contribution in [2.24, 2.45) is 7.05 Å². The summed E-state index contributed by atoms with van der Waals surface area (Å²) >= 11 is 0. The van der Waals surface area contributed by atoms with Gasteiger partial charge < -0.3 is 0 Å². The fraction of sp³-hybridized carbons (Fsp3) is 0.208. The molecular weight excluding hydrogens is 302 g/mol. The molecule has 122 valence electrons. The smallest absolute Gasteiger partial charge is 0.200 e. The minimum Gasteiger partial charge on any atom is -0.200 e. The number of nitrogens with zero attached hydrogens (tertiary/aromatic N) is 1. The first-order valence-corrected chi connectivity index (χ1v) is 8.94.